The van der Waals surface area contributed by atoms with E-state index in [1.54, 1.807) is 0 Å². The summed E-state index contributed by atoms with van der Waals surface area (Å²) in [5.74, 6) is 0. The summed E-state index contributed by atoms with van der Waals surface area (Å²) < 4.78 is 4.37. The van der Waals surface area contributed by atoms with E-state index in [9.17, 15) is 4.79 Å². The topological polar surface area (TPSA) is 46.5 Å². The Morgan fingerprint density at radius 3 is 2.67 bits per heavy atom. The Balaban J connectivity index is 2.29. The van der Waals surface area contributed by atoms with E-state index >= 15 is 0 Å². The number of ether oxygens (including phenoxy) is 1. The third kappa shape index (κ3) is 3.35. The Morgan fingerprint density at radius 1 is 1.42 bits per heavy atom. The molecule has 3 nitrogen and oxygen atoms in total. The second-order valence-corrected chi connectivity index (χ2v) is 3.32. The van der Waals surface area contributed by atoms with Gasteiger partial charge in [-0.05, 0) is 5.30 Å². The molecular formula is C8H9O3P. The Bertz CT molecular complexity index is 248. The molecule has 1 atom stereocenters. The molecule has 0 spiro atoms. The van der Waals surface area contributed by atoms with Crippen LogP contribution in [0.5, 0.6) is 0 Å². The van der Waals surface area contributed by atoms with E-state index < -0.39 is 6.16 Å². The summed E-state index contributed by atoms with van der Waals surface area (Å²) in [5.41, 5.74) is 0. The molecule has 0 aromatic heterocycles. The number of carboxylic acid groups (broad SMARTS) is 1. The third-order valence-electron chi connectivity index (χ3n) is 1.25. The molecule has 1 N–H and O–H groups in total. The van der Waals surface area contributed by atoms with Gasteiger partial charge in [0.25, 0.3) is 0 Å². The van der Waals surface area contributed by atoms with Crippen molar-refractivity contribution in [3.05, 3.63) is 30.3 Å². The smallest absolute Gasteiger partial charge is 0.450 e. The Morgan fingerprint density at radius 2 is 2.08 bits per heavy atom. The summed E-state index contributed by atoms with van der Waals surface area (Å²) >= 11 is 0. The minimum atomic E-state index is -1.21. The minimum Gasteiger partial charge on any atom is -0.450 e. The molecule has 1 aromatic rings. The highest BCUT2D eigenvalue weighted by Crippen LogP contribution is 2.08. The van der Waals surface area contributed by atoms with E-state index in [1.807, 2.05) is 30.3 Å². The van der Waals surface area contributed by atoms with Crippen LogP contribution in [0.25, 0.3) is 0 Å². The first-order valence-corrected chi connectivity index (χ1v) is 4.64. The third-order valence-corrected chi connectivity index (χ3v) is 2.28. The fraction of sp³-hybridized carbons (Fsp3) is 0.125. The van der Waals surface area contributed by atoms with Gasteiger partial charge in [0.15, 0.2) is 0 Å². The molecule has 0 aliphatic heterocycles. The van der Waals surface area contributed by atoms with Gasteiger partial charge in [-0.1, -0.05) is 38.9 Å². The van der Waals surface area contributed by atoms with Crippen molar-refractivity contribution in [3.8, 4) is 0 Å². The summed E-state index contributed by atoms with van der Waals surface area (Å²) in [4.78, 5) is 9.97. The van der Waals surface area contributed by atoms with Crippen LogP contribution in [0.15, 0.2) is 30.3 Å². The lowest BCUT2D eigenvalue weighted by molar-refractivity contribution is 0.108. The lowest BCUT2D eigenvalue weighted by Crippen LogP contribution is -2.01. The zero-order valence-electron chi connectivity index (χ0n) is 6.36. The first-order chi connectivity index (χ1) is 5.79. The molecule has 0 saturated heterocycles. The average Bonchev–Trinajstić information content (AvgIpc) is 2.05. The van der Waals surface area contributed by atoms with E-state index in [2.05, 4.69) is 4.74 Å². The van der Waals surface area contributed by atoms with Crippen LogP contribution in [0.1, 0.15) is 0 Å². The SMILES string of the molecule is O=C(O)OCPc1ccccc1. The van der Waals surface area contributed by atoms with Gasteiger partial charge in [-0.3, -0.25) is 0 Å². The number of carbonyl (C=O) groups is 1. The van der Waals surface area contributed by atoms with Gasteiger partial charge in [0.2, 0.25) is 0 Å². The van der Waals surface area contributed by atoms with Crippen molar-refractivity contribution >= 4 is 20.0 Å². The number of hydrogen-bond acceptors (Lipinski definition) is 2. The van der Waals surface area contributed by atoms with Crippen LogP contribution in [0, 0.1) is 0 Å². The summed E-state index contributed by atoms with van der Waals surface area (Å²) in [6.07, 6.45) is -0.960. The van der Waals surface area contributed by atoms with Crippen molar-refractivity contribution in [2.75, 3.05) is 6.35 Å². The van der Waals surface area contributed by atoms with Crippen molar-refractivity contribution < 1.29 is 14.6 Å². The molecule has 4 heteroatoms. The zero-order valence-corrected chi connectivity index (χ0v) is 7.36. The van der Waals surface area contributed by atoms with Crippen LogP contribution in [-0.2, 0) is 4.74 Å². The van der Waals surface area contributed by atoms with Crippen LogP contribution in [0.2, 0.25) is 0 Å². The maximum atomic E-state index is 9.97. The Labute approximate surface area is 72.1 Å². The normalized spacial score (nSPS) is 10.3. The predicted octanol–water partition coefficient (Wildman–Crippen LogP) is 1.64. The zero-order chi connectivity index (χ0) is 8.81. The summed E-state index contributed by atoms with van der Waals surface area (Å²) in [5, 5.41) is 9.28. The lowest BCUT2D eigenvalue weighted by atomic mass is 10.4. The Kier molecular flexibility index (Phi) is 3.55. The van der Waals surface area contributed by atoms with Gasteiger partial charge in [-0.2, -0.15) is 0 Å². The van der Waals surface area contributed by atoms with Gasteiger partial charge in [0, 0.05) is 0 Å². The minimum absolute atomic E-state index is 0.249. The lowest BCUT2D eigenvalue weighted by Gasteiger charge is -1.99. The quantitative estimate of drug-likeness (QED) is 0.573. The van der Waals surface area contributed by atoms with Crippen molar-refractivity contribution in [1.29, 1.82) is 0 Å². The maximum Gasteiger partial charge on any atom is 0.506 e. The Hall–Kier alpha value is -1.08. The first kappa shape index (κ1) is 9.01. The van der Waals surface area contributed by atoms with Crippen LogP contribution in [-0.4, -0.2) is 17.6 Å². The van der Waals surface area contributed by atoms with Crippen LogP contribution < -0.4 is 5.30 Å². The number of hydrogen-bond donors (Lipinski definition) is 1. The highest BCUT2D eigenvalue weighted by atomic mass is 31.1. The number of rotatable bonds is 3. The monoisotopic (exact) mass is 184 g/mol. The highest BCUT2D eigenvalue weighted by molar-refractivity contribution is 7.46. The van der Waals surface area contributed by atoms with Gasteiger partial charge >= 0.3 is 6.16 Å². The average molecular weight is 184 g/mol. The van der Waals surface area contributed by atoms with Gasteiger partial charge in [0.05, 0.1) is 0 Å². The van der Waals surface area contributed by atoms with Crippen molar-refractivity contribution in [2.45, 2.75) is 0 Å². The fourth-order valence-electron chi connectivity index (χ4n) is 0.737. The molecule has 1 aromatic carbocycles. The molecule has 0 bridgehead atoms. The van der Waals surface area contributed by atoms with E-state index in [-0.39, 0.29) is 6.35 Å². The fourth-order valence-corrected chi connectivity index (χ4v) is 1.53. The van der Waals surface area contributed by atoms with E-state index in [1.165, 1.54) is 0 Å². The molecule has 1 unspecified atom stereocenters. The maximum absolute atomic E-state index is 9.97. The molecule has 1 rings (SSSR count). The summed E-state index contributed by atoms with van der Waals surface area (Å²) in [6, 6.07) is 9.66. The molecule has 0 amide bonds. The predicted molar refractivity (Wildman–Crippen MR) is 48.4 cm³/mol. The molecule has 0 aliphatic rings. The largest absolute Gasteiger partial charge is 0.506 e. The molecule has 64 valence electrons. The molecular weight excluding hydrogens is 175 g/mol. The van der Waals surface area contributed by atoms with Crippen LogP contribution >= 0.6 is 8.58 Å². The van der Waals surface area contributed by atoms with E-state index in [4.69, 9.17) is 5.11 Å². The highest BCUT2D eigenvalue weighted by Gasteiger charge is 1.95. The van der Waals surface area contributed by atoms with Gasteiger partial charge in [-0.25, -0.2) is 4.79 Å². The van der Waals surface area contributed by atoms with Crippen molar-refractivity contribution in [3.63, 3.8) is 0 Å². The van der Waals surface area contributed by atoms with E-state index in [0.29, 0.717) is 8.58 Å². The van der Waals surface area contributed by atoms with Gasteiger partial charge < -0.3 is 9.84 Å². The molecule has 0 saturated carbocycles. The summed E-state index contributed by atoms with van der Waals surface area (Å²) in [7, 11) is 0.394. The van der Waals surface area contributed by atoms with E-state index in [0.717, 1.165) is 5.30 Å². The molecule has 0 heterocycles. The van der Waals surface area contributed by atoms with Crippen LogP contribution in [0.3, 0.4) is 0 Å². The molecule has 0 aliphatic carbocycles. The van der Waals surface area contributed by atoms with Gasteiger partial charge in [0.1, 0.15) is 6.35 Å². The van der Waals surface area contributed by atoms with Crippen LogP contribution in [0.4, 0.5) is 4.79 Å². The molecule has 0 fully saturated rings. The summed E-state index contributed by atoms with van der Waals surface area (Å²) in [6.45, 7) is 0. The standard InChI is InChI=1S/C8H9O3P/c9-8(10)11-6-12-7-4-2-1-3-5-7/h1-5,12H,6H2,(H,9,10). The number of benzene rings is 1. The second kappa shape index (κ2) is 4.73. The van der Waals surface area contributed by atoms with Crippen molar-refractivity contribution in [2.24, 2.45) is 0 Å². The molecule has 12 heavy (non-hydrogen) atoms. The van der Waals surface area contributed by atoms with Gasteiger partial charge in [-0.15, -0.1) is 0 Å². The molecule has 0 radical (unpaired) electrons. The first-order valence-electron chi connectivity index (χ1n) is 3.43. The van der Waals surface area contributed by atoms with Crippen molar-refractivity contribution in [1.82, 2.24) is 0 Å². The second-order valence-electron chi connectivity index (χ2n) is 2.10.